The summed E-state index contributed by atoms with van der Waals surface area (Å²) in [4.78, 5) is 4.25. The lowest BCUT2D eigenvalue weighted by molar-refractivity contribution is 0.395. The van der Waals surface area contributed by atoms with Crippen molar-refractivity contribution in [3.63, 3.8) is 0 Å². The van der Waals surface area contributed by atoms with E-state index in [0.29, 0.717) is 16.9 Å². The van der Waals surface area contributed by atoms with Crippen molar-refractivity contribution in [2.75, 3.05) is 7.11 Å². The van der Waals surface area contributed by atoms with E-state index in [1.807, 2.05) is 6.07 Å². The average Bonchev–Trinajstić information content (AvgIpc) is 2.16. The van der Waals surface area contributed by atoms with Crippen LogP contribution < -0.4 is 10.1 Å². The molecule has 1 rings (SSSR count). The first-order valence-corrected chi connectivity index (χ1v) is 4.94. The highest BCUT2D eigenvalue weighted by atomic mass is 35.5. The third kappa shape index (κ3) is 3.16. The minimum absolute atomic E-state index is 0.443. The van der Waals surface area contributed by atoms with Gasteiger partial charge < -0.3 is 10.1 Å². The molecule has 0 saturated carbocycles. The van der Waals surface area contributed by atoms with Crippen molar-refractivity contribution in [2.45, 2.75) is 26.4 Å². The number of methoxy groups -OCH3 is 1. The molecule has 1 aromatic heterocycles. The quantitative estimate of drug-likeness (QED) is 0.835. The molecule has 78 valence electrons. The van der Waals surface area contributed by atoms with Crippen molar-refractivity contribution >= 4 is 11.6 Å². The predicted octanol–water partition coefficient (Wildman–Crippen LogP) is 2.24. The van der Waals surface area contributed by atoms with Crippen LogP contribution >= 0.6 is 11.6 Å². The van der Waals surface area contributed by atoms with Crippen LogP contribution in [0, 0.1) is 0 Å². The van der Waals surface area contributed by atoms with Crippen molar-refractivity contribution in [3.05, 3.63) is 22.8 Å². The summed E-state index contributed by atoms with van der Waals surface area (Å²) in [6, 6.07) is 4.13. The van der Waals surface area contributed by atoms with Crippen LogP contribution in [0.3, 0.4) is 0 Å². The van der Waals surface area contributed by atoms with E-state index in [4.69, 9.17) is 16.3 Å². The van der Waals surface area contributed by atoms with Crippen LogP contribution in [0.15, 0.2) is 12.1 Å². The molecule has 0 amide bonds. The monoisotopic (exact) mass is 214 g/mol. The highest BCUT2D eigenvalue weighted by Gasteiger charge is 2.03. The molecule has 1 aromatic rings. The van der Waals surface area contributed by atoms with Gasteiger partial charge in [0.1, 0.15) is 5.02 Å². The molecule has 4 heteroatoms. The number of hydrogen-bond acceptors (Lipinski definition) is 3. The number of halogens is 1. The SMILES string of the molecule is COc1nc(CNC(C)C)ccc1Cl. The van der Waals surface area contributed by atoms with Gasteiger partial charge in [0.2, 0.25) is 5.88 Å². The van der Waals surface area contributed by atoms with E-state index in [9.17, 15) is 0 Å². The topological polar surface area (TPSA) is 34.1 Å². The number of rotatable bonds is 4. The summed E-state index contributed by atoms with van der Waals surface area (Å²) in [5.74, 6) is 0.481. The Labute approximate surface area is 89.4 Å². The molecule has 0 atom stereocenters. The molecular weight excluding hydrogens is 200 g/mol. The van der Waals surface area contributed by atoms with E-state index in [1.54, 1.807) is 13.2 Å². The second-order valence-electron chi connectivity index (χ2n) is 3.33. The van der Waals surface area contributed by atoms with Crippen LogP contribution in [0.2, 0.25) is 5.02 Å². The van der Waals surface area contributed by atoms with Gasteiger partial charge in [0.15, 0.2) is 0 Å². The molecule has 0 aromatic carbocycles. The number of pyridine rings is 1. The van der Waals surface area contributed by atoms with Crippen molar-refractivity contribution in [3.8, 4) is 5.88 Å². The summed E-state index contributed by atoms with van der Waals surface area (Å²) in [7, 11) is 1.56. The zero-order valence-electron chi connectivity index (χ0n) is 8.67. The molecule has 0 radical (unpaired) electrons. The average molecular weight is 215 g/mol. The molecule has 0 fully saturated rings. The molecule has 3 nitrogen and oxygen atoms in total. The zero-order valence-corrected chi connectivity index (χ0v) is 9.43. The number of nitrogens with zero attached hydrogens (tertiary/aromatic N) is 1. The Morgan fingerprint density at radius 2 is 2.21 bits per heavy atom. The summed E-state index contributed by atoms with van der Waals surface area (Å²) in [5.41, 5.74) is 0.931. The first-order chi connectivity index (χ1) is 6.63. The minimum Gasteiger partial charge on any atom is -0.480 e. The minimum atomic E-state index is 0.443. The standard InChI is InChI=1S/C10H15ClN2O/c1-7(2)12-6-8-4-5-9(11)10(13-8)14-3/h4-5,7,12H,6H2,1-3H3. The van der Waals surface area contributed by atoms with Gasteiger partial charge in [-0.05, 0) is 12.1 Å². The third-order valence-electron chi connectivity index (χ3n) is 1.76. The smallest absolute Gasteiger partial charge is 0.232 e. The lowest BCUT2D eigenvalue weighted by Crippen LogP contribution is -2.22. The van der Waals surface area contributed by atoms with E-state index in [-0.39, 0.29) is 0 Å². The van der Waals surface area contributed by atoms with Gasteiger partial charge in [-0.2, -0.15) is 0 Å². The molecule has 14 heavy (non-hydrogen) atoms. The molecule has 0 aliphatic carbocycles. The molecule has 0 bridgehead atoms. The maximum atomic E-state index is 5.85. The molecule has 1 heterocycles. The molecule has 0 saturated heterocycles. The number of nitrogens with one attached hydrogen (secondary N) is 1. The Morgan fingerprint density at radius 3 is 2.79 bits per heavy atom. The van der Waals surface area contributed by atoms with Gasteiger partial charge in [-0.25, -0.2) is 4.98 Å². The van der Waals surface area contributed by atoms with Gasteiger partial charge in [-0.1, -0.05) is 25.4 Å². The highest BCUT2D eigenvalue weighted by Crippen LogP contribution is 2.20. The van der Waals surface area contributed by atoms with Crippen molar-refractivity contribution in [1.29, 1.82) is 0 Å². The van der Waals surface area contributed by atoms with Crippen LogP contribution in [0.1, 0.15) is 19.5 Å². The molecule has 0 unspecified atom stereocenters. The number of hydrogen-bond donors (Lipinski definition) is 1. The summed E-state index contributed by atoms with van der Waals surface area (Å²) in [6.45, 7) is 4.91. The van der Waals surface area contributed by atoms with Crippen LogP contribution in [0.25, 0.3) is 0 Å². The molecular formula is C10H15ClN2O. The summed E-state index contributed by atoms with van der Waals surface area (Å²) in [5, 5.41) is 3.81. The summed E-state index contributed by atoms with van der Waals surface area (Å²) in [6.07, 6.45) is 0. The Kier molecular flexibility index (Phi) is 4.17. The van der Waals surface area contributed by atoms with E-state index >= 15 is 0 Å². The van der Waals surface area contributed by atoms with Crippen LogP contribution in [-0.4, -0.2) is 18.1 Å². The Balaban J connectivity index is 2.69. The van der Waals surface area contributed by atoms with E-state index in [1.165, 1.54) is 0 Å². The predicted molar refractivity (Wildman–Crippen MR) is 57.8 cm³/mol. The van der Waals surface area contributed by atoms with Crippen LogP contribution in [-0.2, 0) is 6.54 Å². The van der Waals surface area contributed by atoms with Crippen LogP contribution in [0.5, 0.6) is 5.88 Å². The fraction of sp³-hybridized carbons (Fsp3) is 0.500. The summed E-state index contributed by atoms with van der Waals surface area (Å²) < 4.78 is 5.02. The Bertz CT molecular complexity index is 302. The molecule has 0 aliphatic heterocycles. The normalized spacial score (nSPS) is 10.6. The maximum absolute atomic E-state index is 5.85. The van der Waals surface area contributed by atoms with Gasteiger partial charge in [-0.3, -0.25) is 0 Å². The molecule has 0 aliphatic rings. The second-order valence-corrected chi connectivity index (χ2v) is 3.74. The lowest BCUT2D eigenvalue weighted by Gasteiger charge is -2.08. The lowest BCUT2D eigenvalue weighted by atomic mass is 10.3. The van der Waals surface area contributed by atoms with Gasteiger partial charge in [0, 0.05) is 12.6 Å². The highest BCUT2D eigenvalue weighted by molar-refractivity contribution is 6.31. The maximum Gasteiger partial charge on any atom is 0.232 e. The van der Waals surface area contributed by atoms with Crippen molar-refractivity contribution < 1.29 is 4.74 Å². The van der Waals surface area contributed by atoms with Crippen LogP contribution in [0.4, 0.5) is 0 Å². The largest absolute Gasteiger partial charge is 0.480 e. The van der Waals surface area contributed by atoms with Crippen molar-refractivity contribution in [1.82, 2.24) is 10.3 Å². The molecule has 1 N–H and O–H groups in total. The van der Waals surface area contributed by atoms with E-state index in [0.717, 1.165) is 12.2 Å². The fourth-order valence-electron chi connectivity index (χ4n) is 1.01. The Morgan fingerprint density at radius 1 is 1.50 bits per heavy atom. The van der Waals surface area contributed by atoms with Gasteiger partial charge in [0.05, 0.1) is 12.8 Å². The number of aromatic nitrogens is 1. The van der Waals surface area contributed by atoms with Gasteiger partial charge in [-0.15, -0.1) is 0 Å². The van der Waals surface area contributed by atoms with E-state index < -0.39 is 0 Å². The van der Waals surface area contributed by atoms with E-state index in [2.05, 4.69) is 24.1 Å². The zero-order chi connectivity index (χ0) is 10.6. The first-order valence-electron chi connectivity index (χ1n) is 4.56. The molecule has 0 spiro atoms. The Hall–Kier alpha value is -0.800. The van der Waals surface area contributed by atoms with Gasteiger partial charge in [0.25, 0.3) is 0 Å². The third-order valence-corrected chi connectivity index (χ3v) is 2.04. The first kappa shape index (κ1) is 11.3. The summed E-state index contributed by atoms with van der Waals surface area (Å²) >= 11 is 5.85. The van der Waals surface area contributed by atoms with Gasteiger partial charge >= 0.3 is 0 Å². The second kappa shape index (κ2) is 5.17. The fourth-order valence-corrected chi connectivity index (χ4v) is 1.19. The van der Waals surface area contributed by atoms with Crippen molar-refractivity contribution in [2.24, 2.45) is 0 Å². The number of ether oxygens (including phenoxy) is 1.